The molecule has 3 rings (SSSR count). The van der Waals surface area contributed by atoms with Gasteiger partial charge in [0.2, 0.25) is 5.60 Å². The van der Waals surface area contributed by atoms with Crippen LogP contribution in [-0.2, 0) is 4.79 Å². The Bertz CT molecular complexity index is 1050. The molecule has 1 aromatic heterocycles. The number of hydrogen-bond acceptors (Lipinski definition) is 4. The van der Waals surface area contributed by atoms with Gasteiger partial charge < -0.3 is 14.6 Å². The van der Waals surface area contributed by atoms with Gasteiger partial charge in [0.1, 0.15) is 11.5 Å². The number of carboxylic acids is 1. The molecular formula is C26H33ClN2O4. The maximum Gasteiger partial charge on any atom is 0.347 e. The number of rotatable bonds is 9. The van der Waals surface area contributed by atoms with Crippen molar-refractivity contribution in [2.75, 3.05) is 6.61 Å². The van der Waals surface area contributed by atoms with Gasteiger partial charge in [-0.15, -0.1) is 0 Å². The maximum atomic E-state index is 11.5. The molecule has 1 heterocycles. The van der Waals surface area contributed by atoms with Crippen molar-refractivity contribution >= 4 is 17.6 Å². The lowest BCUT2D eigenvalue weighted by atomic mass is 10.0. The van der Waals surface area contributed by atoms with E-state index in [9.17, 15) is 9.90 Å². The fourth-order valence-electron chi connectivity index (χ4n) is 2.98. The van der Waals surface area contributed by atoms with E-state index in [1.165, 1.54) is 0 Å². The predicted molar refractivity (Wildman–Crippen MR) is 132 cm³/mol. The molecule has 33 heavy (non-hydrogen) atoms. The standard InChI is InChI=1S/C24H27ClN2O4.C2H6/c1-5-24(4,23(28)29)31-22-11-10-21(12-16(22)2)30-15-17(3)18-13-26-27(14-18)20-8-6-19(25)7-9-20;1-2/h6-14,17H,5,15H2,1-4H3,(H,28,29);1-2H3. The van der Waals surface area contributed by atoms with Gasteiger partial charge in [-0.2, -0.15) is 5.10 Å². The first-order valence-corrected chi connectivity index (χ1v) is 11.6. The molecule has 7 heteroatoms. The molecule has 0 saturated heterocycles. The fourth-order valence-corrected chi connectivity index (χ4v) is 3.11. The first-order chi connectivity index (χ1) is 15.7. The monoisotopic (exact) mass is 472 g/mol. The SMILES string of the molecule is CC.CCC(C)(Oc1ccc(OCC(C)c2cnn(-c3ccc(Cl)cc3)c2)cc1C)C(=O)O. The van der Waals surface area contributed by atoms with E-state index in [1.54, 1.807) is 26.0 Å². The Balaban J connectivity index is 0.00000187. The van der Waals surface area contributed by atoms with Gasteiger partial charge in [-0.1, -0.05) is 39.3 Å². The zero-order valence-corrected chi connectivity index (χ0v) is 20.9. The summed E-state index contributed by atoms with van der Waals surface area (Å²) < 4.78 is 13.5. The second-order valence-electron chi connectivity index (χ2n) is 7.83. The predicted octanol–water partition coefficient (Wildman–Crippen LogP) is 6.67. The quantitative estimate of drug-likeness (QED) is 0.376. The number of halogens is 1. The van der Waals surface area contributed by atoms with E-state index in [4.69, 9.17) is 21.1 Å². The second kappa shape index (κ2) is 11.8. The van der Waals surface area contributed by atoms with Gasteiger partial charge in [-0.3, -0.25) is 0 Å². The van der Waals surface area contributed by atoms with Crippen molar-refractivity contribution in [2.45, 2.75) is 59.5 Å². The van der Waals surface area contributed by atoms with E-state index in [0.29, 0.717) is 29.5 Å². The summed E-state index contributed by atoms with van der Waals surface area (Å²) >= 11 is 5.95. The van der Waals surface area contributed by atoms with Crippen molar-refractivity contribution in [2.24, 2.45) is 0 Å². The van der Waals surface area contributed by atoms with E-state index in [1.807, 2.05) is 68.2 Å². The molecule has 1 N–H and O–H groups in total. The number of nitrogens with zero attached hydrogens (tertiary/aromatic N) is 2. The summed E-state index contributed by atoms with van der Waals surface area (Å²) in [5.41, 5.74) is 1.56. The van der Waals surface area contributed by atoms with Crippen molar-refractivity contribution < 1.29 is 19.4 Å². The van der Waals surface area contributed by atoms with E-state index in [-0.39, 0.29) is 5.92 Å². The molecule has 0 aliphatic heterocycles. The van der Waals surface area contributed by atoms with Crippen molar-refractivity contribution in [3.05, 3.63) is 71.0 Å². The lowest BCUT2D eigenvalue weighted by Crippen LogP contribution is -2.40. The molecule has 178 valence electrons. The highest BCUT2D eigenvalue weighted by atomic mass is 35.5. The van der Waals surface area contributed by atoms with Crippen molar-refractivity contribution in [3.8, 4) is 17.2 Å². The van der Waals surface area contributed by atoms with Crippen LogP contribution >= 0.6 is 11.6 Å². The number of carboxylic acid groups (broad SMARTS) is 1. The van der Waals surface area contributed by atoms with Gasteiger partial charge in [-0.25, -0.2) is 9.48 Å². The van der Waals surface area contributed by atoms with Crippen LogP contribution in [0.3, 0.4) is 0 Å². The molecular weight excluding hydrogens is 440 g/mol. The molecule has 0 radical (unpaired) electrons. The first-order valence-electron chi connectivity index (χ1n) is 11.2. The minimum Gasteiger partial charge on any atom is -0.493 e. The van der Waals surface area contributed by atoms with Gasteiger partial charge in [0.25, 0.3) is 0 Å². The van der Waals surface area contributed by atoms with E-state index in [2.05, 4.69) is 12.0 Å². The highest BCUT2D eigenvalue weighted by molar-refractivity contribution is 6.30. The highest BCUT2D eigenvalue weighted by Crippen LogP contribution is 2.29. The van der Waals surface area contributed by atoms with Crippen LogP contribution in [0.25, 0.3) is 5.69 Å². The van der Waals surface area contributed by atoms with Gasteiger partial charge in [-0.05, 0) is 73.9 Å². The third-order valence-electron chi connectivity index (χ3n) is 5.37. The zero-order chi connectivity index (χ0) is 24.6. The first kappa shape index (κ1) is 26.3. The molecule has 0 amide bonds. The normalized spacial score (nSPS) is 13.3. The maximum absolute atomic E-state index is 11.5. The summed E-state index contributed by atoms with van der Waals surface area (Å²) in [6.07, 6.45) is 4.18. The lowest BCUT2D eigenvalue weighted by molar-refractivity contribution is -0.154. The average Bonchev–Trinajstić information content (AvgIpc) is 3.31. The minimum atomic E-state index is -1.26. The summed E-state index contributed by atoms with van der Waals surface area (Å²) in [6, 6.07) is 12.9. The third kappa shape index (κ3) is 6.75. The Morgan fingerprint density at radius 3 is 2.45 bits per heavy atom. The average molecular weight is 473 g/mol. The Morgan fingerprint density at radius 1 is 1.21 bits per heavy atom. The number of hydrogen-bond donors (Lipinski definition) is 1. The number of aliphatic carboxylic acids is 1. The van der Waals surface area contributed by atoms with Crippen LogP contribution in [0.4, 0.5) is 0 Å². The molecule has 0 fully saturated rings. The van der Waals surface area contributed by atoms with Crippen molar-refractivity contribution in [3.63, 3.8) is 0 Å². The molecule has 2 atom stereocenters. The summed E-state index contributed by atoms with van der Waals surface area (Å²) in [5.74, 6) is 0.391. The van der Waals surface area contributed by atoms with Gasteiger partial charge in [0.15, 0.2) is 0 Å². The number of carbonyl (C=O) groups is 1. The molecule has 3 aromatic rings. The minimum absolute atomic E-state index is 0.132. The lowest BCUT2D eigenvalue weighted by Gasteiger charge is -2.26. The van der Waals surface area contributed by atoms with Crippen LogP contribution in [0.2, 0.25) is 5.02 Å². The summed E-state index contributed by atoms with van der Waals surface area (Å²) in [5, 5.41) is 14.5. The Morgan fingerprint density at radius 2 is 1.88 bits per heavy atom. The molecule has 0 saturated carbocycles. The van der Waals surface area contributed by atoms with Crippen LogP contribution in [0.1, 0.15) is 58.1 Å². The Hall–Kier alpha value is -2.99. The van der Waals surface area contributed by atoms with Crippen molar-refractivity contribution in [1.29, 1.82) is 0 Å². The molecule has 0 aliphatic rings. The Labute approximate surface area is 201 Å². The smallest absolute Gasteiger partial charge is 0.347 e. The fraction of sp³-hybridized carbons (Fsp3) is 0.385. The topological polar surface area (TPSA) is 73.6 Å². The molecule has 6 nitrogen and oxygen atoms in total. The third-order valence-corrected chi connectivity index (χ3v) is 5.62. The number of aromatic nitrogens is 2. The zero-order valence-electron chi connectivity index (χ0n) is 20.1. The molecule has 2 unspecified atom stereocenters. The van der Waals surface area contributed by atoms with E-state index in [0.717, 1.165) is 16.8 Å². The van der Waals surface area contributed by atoms with Crippen LogP contribution in [0, 0.1) is 6.92 Å². The van der Waals surface area contributed by atoms with Crippen LogP contribution in [0.5, 0.6) is 11.5 Å². The largest absolute Gasteiger partial charge is 0.493 e. The van der Waals surface area contributed by atoms with E-state index < -0.39 is 11.6 Å². The molecule has 0 spiro atoms. The summed E-state index contributed by atoms with van der Waals surface area (Å²) in [7, 11) is 0. The highest BCUT2D eigenvalue weighted by Gasteiger charge is 2.33. The van der Waals surface area contributed by atoms with Gasteiger partial charge in [0.05, 0.1) is 18.5 Å². The second-order valence-corrected chi connectivity index (χ2v) is 8.26. The number of ether oxygens (including phenoxy) is 2. The van der Waals surface area contributed by atoms with Gasteiger partial charge >= 0.3 is 5.97 Å². The number of aryl methyl sites for hydroxylation is 1. The van der Waals surface area contributed by atoms with Crippen LogP contribution in [-0.4, -0.2) is 33.1 Å². The number of benzene rings is 2. The molecule has 0 bridgehead atoms. The van der Waals surface area contributed by atoms with E-state index >= 15 is 0 Å². The molecule has 0 aliphatic carbocycles. The summed E-state index contributed by atoms with van der Waals surface area (Å²) in [6.45, 7) is 11.8. The van der Waals surface area contributed by atoms with Gasteiger partial charge in [0, 0.05) is 17.1 Å². The Kier molecular flexibility index (Phi) is 9.35. The molecule has 2 aromatic carbocycles. The van der Waals surface area contributed by atoms with Crippen LogP contribution in [0.15, 0.2) is 54.9 Å². The van der Waals surface area contributed by atoms with Crippen molar-refractivity contribution in [1.82, 2.24) is 9.78 Å². The summed E-state index contributed by atoms with van der Waals surface area (Å²) in [4.78, 5) is 11.5. The van der Waals surface area contributed by atoms with Crippen LogP contribution < -0.4 is 9.47 Å².